The molecule has 0 saturated carbocycles. The average molecular weight is 376 g/mol. The van der Waals surface area contributed by atoms with Gasteiger partial charge in [-0.2, -0.15) is 5.21 Å². The largest absolute Gasteiger partial charge is 0.494 e. The molecule has 28 heavy (non-hydrogen) atoms. The van der Waals surface area contributed by atoms with Crippen molar-refractivity contribution in [3.63, 3.8) is 0 Å². The highest BCUT2D eigenvalue weighted by molar-refractivity contribution is 6.02. The third kappa shape index (κ3) is 3.09. The Bertz CT molecular complexity index is 1200. The van der Waals surface area contributed by atoms with E-state index in [0.717, 1.165) is 0 Å². The van der Waals surface area contributed by atoms with Crippen LogP contribution >= 0.6 is 0 Å². The molecule has 9 heteroatoms. The van der Waals surface area contributed by atoms with E-state index in [1.54, 1.807) is 48.5 Å². The summed E-state index contributed by atoms with van der Waals surface area (Å²) >= 11 is 0. The number of aromatic hydroxyl groups is 1. The molecule has 0 unspecified atom stereocenters. The van der Waals surface area contributed by atoms with Gasteiger partial charge in [0.1, 0.15) is 5.75 Å². The van der Waals surface area contributed by atoms with E-state index in [9.17, 15) is 9.90 Å². The van der Waals surface area contributed by atoms with Gasteiger partial charge in [-0.25, -0.2) is 9.56 Å². The van der Waals surface area contributed by atoms with Crippen molar-refractivity contribution >= 4 is 22.9 Å². The molecular formula is C19H16N6O3. The molecule has 0 saturated heterocycles. The molecule has 0 bridgehead atoms. The van der Waals surface area contributed by atoms with Gasteiger partial charge >= 0.3 is 0 Å². The van der Waals surface area contributed by atoms with Crippen molar-refractivity contribution in [1.82, 2.24) is 25.2 Å². The first-order valence-corrected chi connectivity index (χ1v) is 8.56. The van der Waals surface area contributed by atoms with Gasteiger partial charge in [0.15, 0.2) is 0 Å². The van der Waals surface area contributed by atoms with Crippen molar-refractivity contribution in [2.45, 2.75) is 6.92 Å². The minimum atomic E-state index is -0.339. The van der Waals surface area contributed by atoms with Gasteiger partial charge in [0.2, 0.25) is 5.88 Å². The van der Waals surface area contributed by atoms with E-state index >= 15 is 0 Å². The van der Waals surface area contributed by atoms with Crippen LogP contribution in [0.4, 0.5) is 5.95 Å². The van der Waals surface area contributed by atoms with Crippen LogP contribution in [0, 0.1) is 0 Å². The summed E-state index contributed by atoms with van der Waals surface area (Å²) < 4.78 is 6.67. The number of aromatic amines is 1. The fourth-order valence-corrected chi connectivity index (χ4v) is 2.92. The highest BCUT2D eigenvalue weighted by atomic mass is 16.5. The Labute approximate surface area is 158 Å². The number of aromatic nitrogens is 5. The van der Waals surface area contributed by atoms with Crippen molar-refractivity contribution in [1.29, 1.82) is 0 Å². The number of tetrazole rings is 1. The fourth-order valence-electron chi connectivity index (χ4n) is 2.92. The Hall–Kier alpha value is -4.01. The Balaban J connectivity index is 1.92. The van der Waals surface area contributed by atoms with Crippen LogP contribution in [0.15, 0.2) is 58.3 Å². The van der Waals surface area contributed by atoms with Crippen LogP contribution in [-0.2, 0) is 0 Å². The second kappa shape index (κ2) is 7.31. The standard InChI is InChI=1S/C19H16N6O3/c1-2-28-13-9-7-12(8-10-13)25-17(26)15-6-4-3-5-14(15)16(18(25)27)11-20-19-21-23-24-22-19/h3-11,27H,2H2,1H3,(H,21,22,23,24)/b20-11+. The smallest absolute Gasteiger partial charge is 0.288 e. The van der Waals surface area contributed by atoms with E-state index in [1.165, 1.54) is 10.8 Å². The normalized spacial score (nSPS) is 11.3. The maximum Gasteiger partial charge on any atom is 0.288 e. The third-order valence-electron chi connectivity index (χ3n) is 4.15. The topological polar surface area (TPSA) is 118 Å². The van der Waals surface area contributed by atoms with Gasteiger partial charge in [-0.15, -0.1) is 5.10 Å². The fraction of sp³-hybridized carbons (Fsp3) is 0.105. The molecular weight excluding hydrogens is 360 g/mol. The summed E-state index contributed by atoms with van der Waals surface area (Å²) in [7, 11) is 0. The van der Waals surface area contributed by atoms with Gasteiger partial charge in [-0.1, -0.05) is 23.3 Å². The van der Waals surface area contributed by atoms with Gasteiger partial charge in [0, 0.05) is 17.0 Å². The van der Waals surface area contributed by atoms with Crippen LogP contribution in [0.2, 0.25) is 0 Å². The summed E-state index contributed by atoms with van der Waals surface area (Å²) in [6.45, 7) is 2.43. The van der Waals surface area contributed by atoms with Crippen LogP contribution in [0.3, 0.4) is 0 Å². The highest BCUT2D eigenvalue weighted by Gasteiger charge is 2.16. The van der Waals surface area contributed by atoms with Gasteiger partial charge in [-0.3, -0.25) is 4.79 Å². The number of hydrogen-bond donors (Lipinski definition) is 2. The number of H-pyrrole nitrogens is 1. The Morgan fingerprint density at radius 2 is 1.93 bits per heavy atom. The number of hydrogen-bond acceptors (Lipinski definition) is 7. The van der Waals surface area contributed by atoms with E-state index < -0.39 is 0 Å². The first kappa shape index (κ1) is 17.4. The van der Waals surface area contributed by atoms with E-state index in [0.29, 0.717) is 34.4 Å². The lowest BCUT2D eigenvalue weighted by atomic mass is 10.1. The zero-order chi connectivity index (χ0) is 19.5. The molecule has 0 radical (unpaired) electrons. The molecule has 2 aromatic heterocycles. The maximum atomic E-state index is 13.0. The van der Waals surface area contributed by atoms with Crippen LogP contribution in [0.5, 0.6) is 11.6 Å². The summed E-state index contributed by atoms with van der Waals surface area (Å²) in [6, 6.07) is 13.9. The van der Waals surface area contributed by atoms with Gasteiger partial charge < -0.3 is 9.84 Å². The molecule has 0 amide bonds. The van der Waals surface area contributed by atoms with E-state index in [4.69, 9.17) is 4.74 Å². The summed E-state index contributed by atoms with van der Waals surface area (Å²) in [6.07, 6.45) is 1.41. The second-order valence-electron chi connectivity index (χ2n) is 5.82. The third-order valence-corrected chi connectivity index (χ3v) is 4.15. The van der Waals surface area contributed by atoms with Gasteiger partial charge in [0.25, 0.3) is 11.5 Å². The number of rotatable bonds is 5. The van der Waals surface area contributed by atoms with Crippen LogP contribution in [-0.4, -0.2) is 43.1 Å². The van der Waals surface area contributed by atoms with Crippen molar-refractivity contribution in [3.05, 3.63) is 64.4 Å². The molecule has 0 fully saturated rings. The average Bonchev–Trinajstić information content (AvgIpc) is 3.23. The highest BCUT2D eigenvalue weighted by Crippen LogP contribution is 2.27. The molecule has 9 nitrogen and oxygen atoms in total. The first-order valence-electron chi connectivity index (χ1n) is 8.56. The number of pyridine rings is 1. The Morgan fingerprint density at radius 1 is 1.18 bits per heavy atom. The molecule has 0 atom stereocenters. The first-order chi connectivity index (χ1) is 13.7. The number of benzene rings is 2. The molecule has 2 heterocycles. The summed E-state index contributed by atoms with van der Waals surface area (Å²) in [5.41, 5.74) is 0.536. The summed E-state index contributed by atoms with van der Waals surface area (Å²) in [5.74, 6) is 0.556. The zero-order valence-corrected chi connectivity index (χ0v) is 14.9. The predicted octanol–water partition coefficient (Wildman–Crippen LogP) is 2.36. The molecule has 0 aliphatic rings. The maximum absolute atomic E-state index is 13.0. The molecule has 4 aromatic rings. The van der Waals surface area contributed by atoms with Crippen LogP contribution in [0.25, 0.3) is 16.5 Å². The van der Waals surface area contributed by atoms with Crippen LogP contribution in [0.1, 0.15) is 12.5 Å². The second-order valence-corrected chi connectivity index (χ2v) is 5.82. The molecule has 140 valence electrons. The monoisotopic (exact) mass is 376 g/mol. The molecule has 0 aliphatic carbocycles. The number of nitrogens with zero attached hydrogens (tertiary/aromatic N) is 5. The number of fused-ring (bicyclic) bond motifs is 1. The quantitative estimate of drug-likeness (QED) is 0.516. The van der Waals surface area contributed by atoms with Crippen molar-refractivity contribution < 1.29 is 9.84 Å². The minimum Gasteiger partial charge on any atom is -0.494 e. The number of aliphatic imine (C=N–C) groups is 1. The Kier molecular flexibility index (Phi) is 4.55. The molecule has 4 rings (SSSR count). The molecule has 2 aromatic carbocycles. The van der Waals surface area contributed by atoms with Crippen LogP contribution < -0.4 is 10.3 Å². The molecule has 0 aliphatic heterocycles. The van der Waals surface area contributed by atoms with Gasteiger partial charge in [-0.05, 0) is 42.5 Å². The van der Waals surface area contributed by atoms with Gasteiger partial charge in [0.05, 0.1) is 17.9 Å². The van der Waals surface area contributed by atoms with Crippen molar-refractivity contribution in [3.8, 4) is 17.3 Å². The molecule has 2 N–H and O–H groups in total. The number of ether oxygens (including phenoxy) is 1. The lowest BCUT2D eigenvalue weighted by Gasteiger charge is -2.14. The van der Waals surface area contributed by atoms with E-state index in [-0.39, 0.29) is 17.4 Å². The molecule has 0 spiro atoms. The lowest BCUT2D eigenvalue weighted by molar-refractivity contribution is 0.340. The summed E-state index contributed by atoms with van der Waals surface area (Å²) in [4.78, 5) is 17.1. The van der Waals surface area contributed by atoms with E-state index in [2.05, 4.69) is 25.6 Å². The predicted molar refractivity (Wildman–Crippen MR) is 104 cm³/mol. The Morgan fingerprint density at radius 3 is 2.61 bits per heavy atom. The van der Waals surface area contributed by atoms with Crippen molar-refractivity contribution in [2.75, 3.05) is 6.61 Å². The van der Waals surface area contributed by atoms with E-state index in [1.807, 2.05) is 6.92 Å². The minimum absolute atomic E-state index is 0.113. The SMILES string of the molecule is CCOc1ccc(-n2c(O)c(/C=N/c3nn[nH]n3)c3ccccc3c2=O)cc1. The number of nitrogens with one attached hydrogen (secondary N) is 1. The zero-order valence-electron chi connectivity index (χ0n) is 14.9. The lowest BCUT2D eigenvalue weighted by Crippen LogP contribution is -2.20. The van der Waals surface area contributed by atoms with Crippen molar-refractivity contribution in [2.24, 2.45) is 4.99 Å². The summed E-state index contributed by atoms with van der Waals surface area (Å²) in [5, 5.41) is 25.2.